The van der Waals surface area contributed by atoms with Crippen molar-refractivity contribution in [3.63, 3.8) is 0 Å². The van der Waals surface area contributed by atoms with E-state index >= 15 is 0 Å². The van der Waals surface area contributed by atoms with Crippen molar-refractivity contribution in [3.8, 4) is 0 Å². The summed E-state index contributed by atoms with van der Waals surface area (Å²) < 4.78 is 22.2. The number of nitrogens with two attached hydrogens (primary N) is 1. The van der Waals surface area contributed by atoms with Crippen LogP contribution in [0.2, 0.25) is 0 Å². The minimum Gasteiger partial charge on any atom is -0.387 e. The summed E-state index contributed by atoms with van der Waals surface area (Å²) in [6, 6.07) is -0.873. The first-order valence-electron chi connectivity index (χ1n) is 24.0. The van der Waals surface area contributed by atoms with E-state index in [-0.39, 0.29) is 25.7 Å². The van der Waals surface area contributed by atoms with Crippen molar-refractivity contribution in [3.05, 3.63) is 24.3 Å². The third-order valence-electron chi connectivity index (χ3n) is 10.8. The lowest BCUT2D eigenvalue weighted by Crippen LogP contribution is -2.45. The van der Waals surface area contributed by atoms with Crippen LogP contribution in [0.25, 0.3) is 0 Å². The van der Waals surface area contributed by atoms with E-state index in [4.69, 9.17) is 14.8 Å². The number of carbonyl (C=O) groups is 1. The molecular formula is C47H93N2O6P. The smallest absolute Gasteiger partial charge is 0.387 e. The van der Waals surface area contributed by atoms with Crippen LogP contribution in [0.4, 0.5) is 0 Å². The number of hydrogen-bond acceptors (Lipinski definition) is 6. The first-order chi connectivity index (χ1) is 27.4. The maximum absolute atomic E-state index is 12.8. The highest BCUT2D eigenvalue weighted by molar-refractivity contribution is 7.47. The zero-order valence-corrected chi connectivity index (χ0v) is 37.8. The molecule has 0 saturated heterocycles. The Labute approximate surface area is 347 Å². The number of amides is 1. The molecule has 332 valence electrons. The number of phosphoric ester groups is 1. The van der Waals surface area contributed by atoms with E-state index < -0.39 is 20.0 Å². The van der Waals surface area contributed by atoms with Crippen molar-refractivity contribution in [2.24, 2.45) is 5.73 Å². The molecular weight excluding hydrogens is 719 g/mol. The largest absolute Gasteiger partial charge is 0.472 e. The number of aliphatic hydroxyl groups is 1. The van der Waals surface area contributed by atoms with E-state index in [1.165, 1.54) is 180 Å². The summed E-state index contributed by atoms with van der Waals surface area (Å²) in [6.07, 6.45) is 51.0. The molecule has 56 heavy (non-hydrogen) atoms. The van der Waals surface area contributed by atoms with Gasteiger partial charge in [-0.25, -0.2) is 4.57 Å². The van der Waals surface area contributed by atoms with Gasteiger partial charge >= 0.3 is 7.82 Å². The number of aliphatic hydroxyl groups excluding tert-OH is 1. The molecule has 0 aliphatic carbocycles. The number of allylic oxidation sites excluding steroid dienone is 3. The van der Waals surface area contributed by atoms with Crippen LogP contribution >= 0.6 is 7.82 Å². The topological polar surface area (TPSA) is 131 Å². The van der Waals surface area contributed by atoms with Crippen molar-refractivity contribution in [2.75, 3.05) is 19.8 Å². The first-order valence-corrected chi connectivity index (χ1v) is 25.5. The molecule has 5 N–H and O–H groups in total. The van der Waals surface area contributed by atoms with Gasteiger partial charge in [0.2, 0.25) is 5.91 Å². The zero-order chi connectivity index (χ0) is 41.1. The molecule has 0 aliphatic heterocycles. The monoisotopic (exact) mass is 813 g/mol. The molecule has 3 unspecified atom stereocenters. The molecule has 0 rings (SSSR count). The fraction of sp³-hybridized carbons (Fsp3) is 0.894. The summed E-state index contributed by atoms with van der Waals surface area (Å²) in [6.45, 7) is 4.14. The number of rotatable bonds is 45. The highest BCUT2D eigenvalue weighted by Crippen LogP contribution is 2.43. The number of carbonyl (C=O) groups excluding carboxylic acids is 1. The minimum atomic E-state index is -4.35. The molecule has 9 heteroatoms. The van der Waals surface area contributed by atoms with Gasteiger partial charge in [0.05, 0.1) is 25.4 Å². The van der Waals surface area contributed by atoms with Crippen LogP contribution in [0, 0.1) is 0 Å². The molecule has 0 aromatic heterocycles. The van der Waals surface area contributed by atoms with Gasteiger partial charge in [-0.05, 0) is 32.1 Å². The average Bonchev–Trinajstić information content (AvgIpc) is 3.19. The van der Waals surface area contributed by atoms with Crippen molar-refractivity contribution in [2.45, 2.75) is 251 Å². The van der Waals surface area contributed by atoms with Gasteiger partial charge in [0.15, 0.2) is 0 Å². The molecule has 0 bridgehead atoms. The summed E-state index contributed by atoms with van der Waals surface area (Å²) in [7, 11) is -4.35. The molecule has 0 aromatic carbocycles. The normalized spacial score (nSPS) is 14.2. The Bertz CT molecular complexity index is 932. The lowest BCUT2D eigenvalue weighted by atomic mass is 10.0. The Morgan fingerprint density at radius 1 is 0.571 bits per heavy atom. The third kappa shape index (κ3) is 41.2. The summed E-state index contributed by atoms with van der Waals surface area (Å²) in [5.74, 6) is -0.200. The fourth-order valence-corrected chi connectivity index (χ4v) is 7.91. The molecule has 8 nitrogen and oxygen atoms in total. The van der Waals surface area contributed by atoms with Crippen molar-refractivity contribution in [1.82, 2.24) is 5.32 Å². The van der Waals surface area contributed by atoms with Crippen LogP contribution in [0.3, 0.4) is 0 Å². The van der Waals surface area contributed by atoms with Crippen molar-refractivity contribution < 1.29 is 28.4 Å². The highest BCUT2D eigenvalue weighted by Gasteiger charge is 2.26. The lowest BCUT2D eigenvalue weighted by Gasteiger charge is -2.23. The maximum atomic E-state index is 12.8. The molecule has 0 saturated carbocycles. The SMILES string of the molecule is CCCCCCCCCCCC/C=C/CC/C=C/C(O)C(COP(=O)(O)OCCN)NC(=O)CCCCCCCCCCCCCCCCCCCCCCC. The summed E-state index contributed by atoms with van der Waals surface area (Å²) >= 11 is 0. The Morgan fingerprint density at radius 3 is 1.38 bits per heavy atom. The standard InChI is InChI=1S/C47H93N2O6P/c1-3-5-7-9-11-13-15-17-19-21-22-23-24-25-27-29-31-33-35-37-39-41-47(51)49-45(44-55-56(52,53)54-43-42-48)46(50)40-38-36-34-32-30-28-26-20-18-16-14-12-10-8-6-4-2/h30,32,38,40,45-46,50H,3-29,31,33-37,39,41-44,48H2,1-2H3,(H,49,51)(H,52,53)/b32-30+,40-38+. The molecule has 0 aromatic rings. The van der Waals surface area contributed by atoms with Gasteiger partial charge in [-0.2, -0.15) is 0 Å². The predicted molar refractivity (Wildman–Crippen MR) is 240 cm³/mol. The van der Waals surface area contributed by atoms with Crippen LogP contribution in [0.5, 0.6) is 0 Å². The van der Waals surface area contributed by atoms with Gasteiger partial charge in [-0.3, -0.25) is 13.8 Å². The Kier molecular flexibility index (Phi) is 42.8. The second kappa shape index (κ2) is 43.6. The molecule has 0 aliphatic rings. The molecule has 3 atom stereocenters. The summed E-state index contributed by atoms with van der Waals surface area (Å²) in [5.41, 5.74) is 5.38. The van der Waals surface area contributed by atoms with Crippen LogP contribution in [-0.2, 0) is 18.4 Å². The van der Waals surface area contributed by atoms with Gasteiger partial charge in [0.25, 0.3) is 0 Å². The predicted octanol–water partition coefficient (Wildman–Crippen LogP) is 13.7. The van der Waals surface area contributed by atoms with Gasteiger partial charge in [0, 0.05) is 13.0 Å². The van der Waals surface area contributed by atoms with Crippen molar-refractivity contribution >= 4 is 13.7 Å². The number of nitrogens with one attached hydrogen (secondary N) is 1. The van der Waals surface area contributed by atoms with Gasteiger partial charge in [-0.15, -0.1) is 0 Å². The van der Waals surface area contributed by atoms with Crippen LogP contribution in [-0.4, -0.2) is 47.8 Å². The second-order valence-electron chi connectivity index (χ2n) is 16.3. The summed E-state index contributed by atoms with van der Waals surface area (Å²) in [4.78, 5) is 22.7. The van der Waals surface area contributed by atoms with E-state index in [9.17, 15) is 19.4 Å². The Balaban J connectivity index is 4.13. The van der Waals surface area contributed by atoms with E-state index in [2.05, 4.69) is 31.3 Å². The van der Waals surface area contributed by atoms with Crippen LogP contribution < -0.4 is 11.1 Å². The molecule has 0 heterocycles. The lowest BCUT2D eigenvalue weighted by molar-refractivity contribution is -0.123. The van der Waals surface area contributed by atoms with Crippen molar-refractivity contribution in [1.29, 1.82) is 0 Å². The Hall–Kier alpha value is -1.02. The third-order valence-corrected chi connectivity index (χ3v) is 11.8. The summed E-state index contributed by atoms with van der Waals surface area (Å²) in [5, 5.41) is 13.7. The minimum absolute atomic E-state index is 0.0760. The molecule has 0 radical (unpaired) electrons. The molecule has 1 amide bonds. The second-order valence-corrected chi connectivity index (χ2v) is 17.8. The van der Waals surface area contributed by atoms with Gasteiger partial charge in [-0.1, -0.05) is 224 Å². The Morgan fingerprint density at radius 2 is 0.946 bits per heavy atom. The molecule has 0 fully saturated rings. The molecule has 0 spiro atoms. The quantitative estimate of drug-likeness (QED) is 0.0273. The highest BCUT2D eigenvalue weighted by atomic mass is 31.2. The number of hydrogen-bond donors (Lipinski definition) is 4. The van der Waals surface area contributed by atoms with E-state index in [0.29, 0.717) is 6.42 Å². The van der Waals surface area contributed by atoms with E-state index in [0.717, 1.165) is 38.5 Å². The number of phosphoric acid groups is 1. The number of unbranched alkanes of at least 4 members (excludes halogenated alkanes) is 31. The zero-order valence-electron chi connectivity index (χ0n) is 36.9. The van der Waals surface area contributed by atoms with Crippen LogP contribution in [0.15, 0.2) is 24.3 Å². The van der Waals surface area contributed by atoms with E-state index in [1.807, 2.05) is 6.08 Å². The van der Waals surface area contributed by atoms with Gasteiger partial charge in [0.1, 0.15) is 0 Å². The van der Waals surface area contributed by atoms with Gasteiger partial charge < -0.3 is 21.1 Å². The fourth-order valence-electron chi connectivity index (χ4n) is 7.15. The average molecular weight is 813 g/mol. The first kappa shape index (κ1) is 55.0. The van der Waals surface area contributed by atoms with Crippen LogP contribution in [0.1, 0.15) is 239 Å². The van der Waals surface area contributed by atoms with E-state index in [1.54, 1.807) is 6.08 Å². The maximum Gasteiger partial charge on any atom is 0.472 e.